The molecule has 0 bridgehead atoms. The van der Waals surface area contributed by atoms with Crippen molar-refractivity contribution in [3.63, 3.8) is 0 Å². The Kier molecular flexibility index (Phi) is 5.82. The van der Waals surface area contributed by atoms with Crippen molar-refractivity contribution >= 4 is 34.7 Å². The number of primary amides is 1. The fourth-order valence-corrected chi connectivity index (χ4v) is 7.27. The summed E-state index contributed by atoms with van der Waals surface area (Å²) in [4.78, 5) is 68.4. The predicted octanol–water partition coefficient (Wildman–Crippen LogP) is 1.20. The van der Waals surface area contributed by atoms with E-state index >= 15 is 0 Å². The van der Waals surface area contributed by atoms with Gasteiger partial charge in [-0.3, -0.25) is 24.0 Å². The number of fused-ring (bicyclic) bond motifs is 3. The number of phenolic OH excluding ortho intramolecular Hbond substituents is 1. The van der Waals surface area contributed by atoms with Crippen LogP contribution in [0.2, 0.25) is 0 Å². The van der Waals surface area contributed by atoms with Crippen LogP contribution < -0.4 is 10.6 Å². The molecule has 6 atom stereocenters. The summed E-state index contributed by atoms with van der Waals surface area (Å²) in [5, 5.41) is 22.3. The monoisotopic (exact) mass is 496 g/mol. The SMILES string of the molecule is CC(C)[C@@H]1C(=O)C(C(N)=O)C(=O)[C@@]2(O)C(=O)C3C(=O)c4c(O)ccc(N5CCCCC5)c4C[C@H]3C[C@@H]12. The van der Waals surface area contributed by atoms with Crippen LogP contribution in [0.15, 0.2) is 12.1 Å². The number of anilines is 1. The van der Waals surface area contributed by atoms with Gasteiger partial charge in [0.1, 0.15) is 5.75 Å². The van der Waals surface area contributed by atoms with E-state index in [2.05, 4.69) is 4.90 Å². The average molecular weight is 497 g/mol. The standard InChI is InChI=1S/C27H32N2O7/c1-12(2)18-15-11-13-10-14-16(29-8-4-3-5-9-29)6-7-17(30)20(14)23(32)19(13)24(33)27(15,36)25(34)21(22(18)31)26(28)35/h6-7,12-13,15,18-19,21,30,36H,3-5,8-11H2,1-2H3,(H2,28,35)/t13-,15-,18-,19?,21?,27-/m0/s1. The second-order valence-corrected chi connectivity index (χ2v) is 11.2. The highest BCUT2D eigenvalue weighted by Crippen LogP contribution is 2.53. The van der Waals surface area contributed by atoms with E-state index in [-0.39, 0.29) is 23.7 Å². The Balaban J connectivity index is 1.62. The largest absolute Gasteiger partial charge is 0.507 e. The van der Waals surface area contributed by atoms with Crippen molar-refractivity contribution in [1.29, 1.82) is 0 Å². The van der Waals surface area contributed by atoms with Crippen LogP contribution in [0.3, 0.4) is 0 Å². The molecule has 1 heterocycles. The Morgan fingerprint density at radius 3 is 2.36 bits per heavy atom. The van der Waals surface area contributed by atoms with E-state index in [9.17, 15) is 34.2 Å². The zero-order valence-corrected chi connectivity index (χ0v) is 20.5. The molecule has 192 valence electrons. The van der Waals surface area contributed by atoms with Crippen LogP contribution in [0.1, 0.15) is 55.5 Å². The average Bonchev–Trinajstić information content (AvgIpc) is 2.81. The van der Waals surface area contributed by atoms with Gasteiger partial charge in [-0.1, -0.05) is 13.8 Å². The maximum absolute atomic E-state index is 13.8. The second-order valence-electron chi connectivity index (χ2n) is 11.2. The van der Waals surface area contributed by atoms with E-state index in [1.165, 1.54) is 6.07 Å². The first-order chi connectivity index (χ1) is 17.0. The number of hydrogen-bond acceptors (Lipinski definition) is 8. The number of ketones is 4. The van der Waals surface area contributed by atoms with Gasteiger partial charge in [0.15, 0.2) is 34.7 Å². The van der Waals surface area contributed by atoms with Gasteiger partial charge in [0.05, 0.1) is 11.5 Å². The number of rotatable bonds is 3. The van der Waals surface area contributed by atoms with E-state index in [1.54, 1.807) is 19.9 Å². The quantitative estimate of drug-likeness (QED) is 0.527. The maximum Gasteiger partial charge on any atom is 0.235 e. The number of piperidine rings is 1. The molecule has 2 saturated carbocycles. The molecule has 1 saturated heterocycles. The number of aromatic hydroxyl groups is 1. The lowest BCUT2D eigenvalue weighted by molar-refractivity contribution is -0.182. The first-order valence-electron chi connectivity index (χ1n) is 12.8. The number of carbonyl (C=O) groups excluding carboxylic acids is 5. The summed E-state index contributed by atoms with van der Waals surface area (Å²) in [6.45, 7) is 5.13. The molecule has 1 aromatic carbocycles. The van der Waals surface area contributed by atoms with Gasteiger partial charge >= 0.3 is 0 Å². The zero-order chi connectivity index (χ0) is 26.1. The van der Waals surface area contributed by atoms with E-state index < -0.39 is 64.2 Å². The fraction of sp³-hybridized carbons (Fsp3) is 0.593. The summed E-state index contributed by atoms with van der Waals surface area (Å²) < 4.78 is 0. The van der Waals surface area contributed by atoms with Crippen molar-refractivity contribution in [2.45, 2.75) is 51.6 Å². The minimum absolute atomic E-state index is 0.0564. The van der Waals surface area contributed by atoms with E-state index in [1.807, 2.05) is 0 Å². The Labute approximate surface area is 209 Å². The second kappa shape index (κ2) is 8.50. The molecule has 0 radical (unpaired) electrons. The third-order valence-electron chi connectivity index (χ3n) is 8.87. The Morgan fingerprint density at radius 1 is 1.08 bits per heavy atom. The van der Waals surface area contributed by atoms with Crippen molar-refractivity contribution in [1.82, 2.24) is 0 Å². The molecule has 1 aliphatic heterocycles. The normalized spacial score (nSPS) is 34.3. The van der Waals surface area contributed by atoms with Crippen molar-refractivity contribution in [3.8, 4) is 5.75 Å². The fourth-order valence-electron chi connectivity index (χ4n) is 7.27. The summed E-state index contributed by atoms with van der Waals surface area (Å²) in [6, 6.07) is 3.25. The molecule has 1 amide bonds. The lowest BCUT2D eigenvalue weighted by Gasteiger charge is -2.52. The van der Waals surface area contributed by atoms with Crippen LogP contribution in [0.4, 0.5) is 5.69 Å². The maximum atomic E-state index is 13.8. The summed E-state index contributed by atoms with van der Waals surface area (Å²) in [6.07, 6.45) is 3.56. The van der Waals surface area contributed by atoms with Gasteiger partial charge in [0, 0.05) is 30.6 Å². The highest BCUT2D eigenvalue weighted by Gasteiger charge is 2.69. The molecule has 2 unspecified atom stereocenters. The minimum atomic E-state index is -2.66. The van der Waals surface area contributed by atoms with Crippen molar-refractivity contribution < 1.29 is 34.2 Å². The number of carbonyl (C=O) groups is 5. The molecular weight excluding hydrogens is 464 g/mol. The Hall–Kier alpha value is -3.07. The van der Waals surface area contributed by atoms with Crippen LogP contribution >= 0.6 is 0 Å². The zero-order valence-electron chi connectivity index (χ0n) is 20.5. The summed E-state index contributed by atoms with van der Waals surface area (Å²) >= 11 is 0. The molecule has 4 aliphatic rings. The van der Waals surface area contributed by atoms with Gasteiger partial charge in [-0.25, -0.2) is 0 Å². The first kappa shape index (κ1) is 24.6. The Morgan fingerprint density at radius 2 is 1.75 bits per heavy atom. The van der Waals surface area contributed by atoms with Crippen molar-refractivity contribution in [3.05, 3.63) is 23.3 Å². The van der Waals surface area contributed by atoms with Crippen LogP contribution in [-0.2, 0) is 25.6 Å². The van der Waals surface area contributed by atoms with Gasteiger partial charge in [-0.15, -0.1) is 0 Å². The number of Topliss-reactive ketones (excluding diaryl/α,β-unsaturated/α-hetero) is 4. The number of hydrogen-bond donors (Lipinski definition) is 3. The highest BCUT2D eigenvalue weighted by atomic mass is 16.3. The highest BCUT2D eigenvalue weighted by molar-refractivity contribution is 6.32. The van der Waals surface area contributed by atoms with Gasteiger partial charge in [-0.05, 0) is 61.6 Å². The molecule has 36 heavy (non-hydrogen) atoms. The van der Waals surface area contributed by atoms with Crippen LogP contribution in [0.5, 0.6) is 5.75 Å². The summed E-state index contributed by atoms with van der Waals surface area (Å²) in [5.41, 5.74) is 4.29. The topological polar surface area (TPSA) is 155 Å². The molecule has 3 fully saturated rings. The van der Waals surface area contributed by atoms with E-state index in [0.29, 0.717) is 12.0 Å². The smallest absolute Gasteiger partial charge is 0.235 e. The van der Waals surface area contributed by atoms with Crippen LogP contribution in [0, 0.1) is 35.5 Å². The van der Waals surface area contributed by atoms with Crippen LogP contribution in [0.25, 0.3) is 0 Å². The third kappa shape index (κ3) is 3.28. The number of nitrogens with two attached hydrogens (primary N) is 1. The minimum Gasteiger partial charge on any atom is -0.507 e. The number of aliphatic hydroxyl groups is 1. The van der Waals surface area contributed by atoms with Gasteiger partial charge in [0.25, 0.3) is 0 Å². The molecule has 3 aliphatic carbocycles. The van der Waals surface area contributed by atoms with Gasteiger partial charge in [0.2, 0.25) is 5.91 Å². The number of phenols is 1. The lowest BCUT2D eigenvalue weighted by Crippen LogP contribution is -2.71. The van der Waals surface area contributed by atoms with Gasteiger partial charge in [-0.2, -0.15) is 0 Å². The lowest BCUT2D eigenvalue weighted by atomic mass is 9.50. The molecular formula is C27H32N2O7. The predicted molar refractivity (Wildman–Crippen MR) is 128 cm³/mol. The van der Waals surface area contributed by atoms with E-state index in [4.69, 9.17) is 5.73 Å². The van der Waals surface area contributed by atoms with Gasteiger partial charge < -0.3 is 20.8 Å². The summed E-state index contributed by atoms with van der Waals surface area (Å²) in [7, 11) is 0. The third-order valence-corrected chi connectivity index (χ3v) is 8.87. The number of amides is 1. The van der Waals surface area contributed by atoms with Crippen molar-refractivity contribution in [2.24, 2.45) is 41.2 Å². The molecule has 1 aromatic rings. The molecule has 5 rings (SSSR count). The number of nitrogens with zero attached hydrogens (tertiary/aromatic N) is 1. The van der Waals surface area contributed by atoms with E-state index in [0.717, 1.165) is 38.0 Å². The first-order valence-corrected chi connectivity index (χ1v) is 12.8. The Bertz CT molecular complexity index is 1180. The molecule has 0 aromatic heterocycles. The van der Waals surface area contributed by atoms with Crippen molar-refractivity contribution in [2.75, 3.05) is 18.0 Å². The summed E-state index contributed by atoms with van der Waals surface area (Å²) in [5.74, 6) is -11.1. The molecule has 0 spiro atoms. The number of benzene rings is 1. The molecule has 9 heteroatoms. The van der Waals surface area contributed by atoms with Crippen LogP contribution in [-0.4, -0.2) is 57.9 Å². The molecule has 9 nitrogen and oxygen atoms in total. The molecule has 4 N–H and O–H groups in total.